The van der Waals surface area contributed by atoms with Crippen LogP contribution >= 0.6 is 12.4 Å². The van der Waals surface area contributed by atoms with Crippen molar-refractivity contribution in [3.8, 4) is 5.75 Å². The summed E-state index contributed by atoms with van der Waals surface area (Å²) in [5.41, 5.74) is 0.0213. The Balaban J connectivity index is 0.00000288. The second-order valence-electron chi connectivity index (χ2n) is 6.01. The lowest BCUT2D eigenvalue weighted by atomic mass is 9.79. The van der Waals surface area contributed by atoms with Crippen molar-refractivity contribution in [2.24, 2.45) is 5.41 Å². The van der Waals surface area contributed by atoms with Crippen LogP contribution in [0.25, 0.3) is 0 Å². The Bertz CT molecular complexity index is 488. The molecule has 0 saturated carbocycles. The van der Waals surface area contributed by atoms with E-state index in [0.29, 0.717) is 18.9 Å². The van der Waals surface area contributed by atoms with Crippen molar-refractivity contribution in [2.75, 3.05) is 40.0 Å². The summed E-state index contributed by atoms with van der Waals surface area (Å²) in [4.78, 5) is 12.0. The minimum absolute atomic E-state index is 0. The van der Waals surface area contributed by atoms with Gasteiger partial charge in [0, 0.05) is 19.1 Å². The first-order chi connectivity index (χ1) is 11.1. The molecule has 1 aliphatic heterocycles. The molecule has 1 heterocycles. The molecule has 0 aliphatic carbocycles. The van der Waals surface area contributed by atoms with Crippen LogP contribution in [0, 0.1) is 11.2 Å². The number of methoxy groups -OCH3 is 1. The van der Waals surface area contributed by atoms with Crippen LogP contribution in [0.2, 0.25) is 0 Å². The monoisotopic (exact) mass is 360 g/mol. The molecule has 1 amide bonds. The van der Waals surface area contributed by atoms with E-state index in [1.807, 2.05) is 0 Å². The molecule has 1 aromatic carbocycles. The summed E-state index contributed by atoms with van der Waals surface area (Å²) in [6, 6.07) is 5.77. The second kappa shape index (κ2) is 10.5. The average molecular weight is 361 g/mol. The Labute approximate surface area is 148 Å². The molecule has 2 rings (SSSR count). The van der Waals surface area contributed by atoms with E-state index in [9.17, 15) is 9.18 Å². The van der Waals surface area contributed by atoms with Crippen LogP contribution < -0.4 is 15.4 Å². The van der Waals surface area contributed by atoms with Crippen LogP contribution in [0.1, 0.15) is 19.3 Å². The van der Waals surface area contributed by atoms with Gasteiger partial charge in [-0.3, -0.25) is 4.79 Å². The SMILES string of the molecule is COCC1(CNC(=O)CCOc2ccc(F)cc2)CCNCC1.Cl. The molecule has 0 atom stereocenters. The van der Waals surface area contributed by atoms with Crippen LogP contribution in [-0.2, 0) is 9.53 Å². The molecule has 5 nitrogen and oxygen atoms in total. The maximum absolute atomic E-state index is 12.8. The fourth-order valence-corrected chi connectivity index (χ4v) is 2.80. The van der Waals surface area contributed by atoms with E-state index in [2.05, 4.69) is 10.6 Å². The van der Waals surface area contributed by atoms with Gasteiger partial charge in [0.1, 0.15) is 11.6 Å². The highest BCUT2D eigenvalue weighted by Crippen LogP contribution is 2.28. The summed E-state index contributed by atoms with van der Waals surface area (Å²) in [5.74, 6) is 0.218. The molecule has 1 fully saturated rings. The maximum atomic E-state index is 12.8. The number of benzene rings is 1. The number of carbonyl (C=O) groups is 1. The molecule has 136 valence electrons. The predicted octanol–water partition coefficient (Wildman–Crippen LogP) is 2.15. The van der Waals surface area contributed by atoms with Gasteiger partial charge in [0.05, 0.1) is 19.6 Å². The van der Waals surface area contributed by atoms with E-state index in [4.69, 9.17) is 9.47 Å². The minimum Gasteiger partial charge on any atom is -0.493 e. The van der Waals surface area contributed by atoms with Gasteiger partial charge >= 0.3 is 0 Å². The van der Waals surface area contributed by atoms with Crippen molar-refractivity contribution < 1.29 is 18.7 Å². The van der Waals surface area contributed by atoms with Crippen molar-refractivity contribution in [3.05, 3.63) is 30.1 Å². The summed E-state index contributed by atoms with van der Waals surface area (Å²) in [5, 5.41) is 6.31. The molecule has 0 radical (unpaired) electrons. The van der Waals surface area contributed by atoms with Crippen LogP contribution in [0.4, 0.5) is 4.39 Å². The molecule has 1 aliphatic rings. The summed E-state index contributed by atoms with van der Waals surface area (Å²) in [6.45, 7) is 3.45. The summed E-state index contributed by atoms with van der Waals surface area (Å²) < 4.78 is 23.5. The van der Waals surface area contributed by atoms with Crippen LogP contribution in [0.5, 0.6) is 5.75 Å². The second-order valence-corrected chi connectivity index (χ2v) is 6.01. The number of halogens is 2. The zero-order valence-corrected chi connectivity index (χ0v) is 14.8. The molecular formula is C17H26ClFN2O3. The first-order valence-electron chi connectivity index (χ1n) is 7.98. The lowest BCUT2D eigenvalue weighted by Gasteiger charge is -2.37. The van der Waals surface area contributed by atoms with E-state index in [1.165, 1.54) is 12.1 Å². The van der Waals surface area contributed by atoms with E-state index in [-0.39, 0.29) is 42.6 Å². The van der Waals surface area contributed by atoms with Crippen molar-refractivity contribution in [1.82, 2.24) is 10.6 Å². The first kappa shape index (κ1) is 20.7. The maximum Gasteiger partial charge on any atom is 0.223 e. The number of nitrogens with one attached hydrogen (secondary N) is 2. The predicted molar refractivity (Wildman–Crippen MR) is 93.2 cm³/mol. The van der Waals surface area contributed by atoms with Gasteiger partial charge in [0.25, 0.3) is 0 Å². The fourth-order valence-electron chi connectivity index (χ4n) is 2.80. The zero-order chi connectivity index (χ0) is 16.5. The summed E-state index contributed by atoms with van der Waals surface area (Å²) in [6.07, 6.45) is 2.26. The molecule has 0 unspecified atom stereocenters. The minimum atomic E-state index is -0.305. The van der Waals surface area contributed by atoms with Gasteiger partial charge in [-0.15, -0.1) is 12.4 Å². The number of carbonyl (C=O) groups excluding carboxylic acids is 1. The van der Waals surface area contributed by atoms with Crippen molar-refractivity contribution in [1.29, 1.82) is 0 Å². The lowest BCUT2D eigenvalue weighted by molar-refractivity contribution is -0.122. The quantitative estimate of drug-likeness (QED) is 0.745. The van der Waals surface area contributed by atoms with E-state index in [1.54, 1.807) is 19.2 Å². The molecule has 1 saturated heterocycles. The fraction of sp³-hybridized carbons (Fsp3) is 0.588. The largest absolute Gasteiger partial charge is 0.493 e. The molecule has 1 aromatic rings. The Morgan fingerprint density at radius 1 is 1.29 bits per heavy atom. The van der Waals surface area contributed by atoms with Gasteiger partial charge in [-0.25, -0.2) is 4.39 Å². The highest BCUT2D eigenvalue weighted by Gasteiger charge is 2.32. The van der Waals surface area contributed by atoms with Gasteiger partial charge < -0.3 is 20.1 Å². The lowest BCUT2D eigenvalue weighted by Crippen LogP contribution is -2.47. The van der Waals surface area contributed by atoms with Gasteiger partial charge in [0.2, 0.25) is 5.91 Å². The van der Waals surface area contributed by atoms with Gasteiger partial charge in [-0.2, -0.15) is 0 Å². The van der Waals surface area contributed by atoms with Crippen LogP contribution in [-0.4, -0.2) is 45.9 Å². The van der Waals surface area contributed by atoms with E-state index >= 15 is 0 Å². The number of hydrogen-bond donors (Lipinski definition) is 2. The number of hydrogen-bond acceptors (Lipinski definition) is 4. The molecule has 24 heavy (non-hydrogen) atoms. The van der Waals surface area contributed by atoms with Crippen LogP contribution in [0.3, 0.4) is 0 Å². The Morgan fingerprint density at radius 2 is 1.96 bits per heavy atom. The van der Waals surface area contributed by atoms with E-state index in [0.717, 1.165) is 25.9 Å². The standard InChI is InChI=1S/C17H25FN2O3.ClH/c1-22-13-17(7-9-19-10-8-17)12-20-16(21)6-11-23-15-4-2-14(18)3-5-15;/h2-5,19H,6-13H2,1H3,(H,20,21);1H. The number of piperidine rings is 1. The average Bonchev–Trinajstić information content (AvgIpc) is 2.56. The third-order valence-corrected chi connectivity index (χ3v) is 4.19. The molecule has 2 N–H and O–H groups in total. The Morgan fingerprint density at radius 3 is 2.58 bits per heavy atom. The summed E-state index contributed by atoms with van der Waals surface area (Å²) in [7, 11) is 1.70. The molecule has 0 spiro atoms. The van der Waals surface area contributed by atoms with Gasteiger partial charge in [-0.1, -0.05) is 0 Å². The summed E-state index contributed by atoms with van der Waals surface area (Å²) >= 11 is 0. The number of amides is 1. The van der Waals surface area contributed by atoms with Crippen molar-refractivity contribution in [3.63, 3.8) is 0 Å². The first-order valence-corrected chi connectivity index (χ1v) is 7.98. The smallest absolute Gasteiger partial charge is 0.223 e. The van der Waals surface area contributed by atoms with Crippen molar-refractivity contribution >= 4 is 18.3 Å². The van der Waals surface area contributed by atoms with Crippen molar-refractivity contribution in [2.45, 2.75) is 19.3 Å². The normalized spacial score (nSPS) is 16.1. The zero-order valence-electron chi connectivity index (χ0n) is 14.0. The van der Waals surface area contributed by atoms with Gasteiger partial charge in [0.15, 0.2) is 0 Å². The number of ether oxygens (including phenoxy) is 2. The molecule has 7 heteroatoms. The molecule has 0 bridgehead atoms. The third kappa shape index (κ3) is 6.63. The van der Waals surface area contributed by atoms with E-state index < -0.39 is 0 Å². The Kier molecular flexibility index (Phi) is 9.03. The molecule has 0 aromatic heterocycles. The van der Waals surface area contributed by atoms with Gasteiger partial charge in [-0.05, 0) is 50.2 Å². The van der Waals surface area contributed by atoms with Crippen LogP contribution in [0.15, 0.2) is 24.3 Å². The Hall–Kier alpha value is -1.37. The highest BCUT2D eigenvalue weighted by atomic mass is 35.5. The highest BCUT2D eigenvalue weighted by molar-refractivity contribution is 5.85. The third-order valence-electron chi connectivity index (χ3n) is 4.19. The number of rotatable bonds is 8. The topological polar surface area (TPSA) is 59.6 Å². The molecular weight excluding hydrogens is 335 g/mol.